The fraction of sp³-hybridized carbons (Fsp3) is 0.222. The van der Waals surface area contributed by atoms with Crippen LogP contribution in [-0.2, 0) is 0 Å². The van der Waals surface area contributed by atoms with E-state index in [0.717, 1.165) is 6.20 Å². The zero-order valence-electron chi connectivity index (χ0n) is 14.3. The molecule has 0 unspecified atom stereocenters. The Kier molecular flexibility index (Phi) is 4.92. The first-order chi connectivity index (χ1) is 12.4. The van der Waals surface area contributed by atoms with Crippen LogP contribution in [0.4, 0.5) is 15.9 Å². The van der Waals surface area contributed by atoms with Gasteiger partial charge in [-0.3, -0.25) is 4.40 Å². The van der Waals surface area contributed by atoms with Crippen molar-refractivity contribution in [3.63, 3.8) is 0 Å². The van der Waals surface area contributed by atoms with E-state index in [4.69, 9.17) is 4.74 Å². The van der Waals surface area contributed by atoms with E-state index in [1.807, 2.05) is 0 Å². The lowest BCUT2D eigenvalue weighted by Crippen LogP contribution is -2.03. The topological polar surface area (TPSA) is 88.5 Å². The van der Waals surface area contributed by atoms with Crippen molar-refractivity contribution in [2.24, 2.45) is 16.1 Å². The fourth-order valence-electron chi connectivity index (χ4n) is 2.22. The maximum Gasteiger partial charge on any atom is 0.358 e. The van der Waals surface area contributed by atoms with E-state index in [1.54, 1.807) is 24.3 Å². The molecule has 26 heavy (non-hydrogen) atoms. The van der Waals surface area contributed by atoms with Crippen molar-refractivity contribution >= 4 is 23.1 Å². The molecule has 8 heteroatoms. The van der Waals surface area contributed by atoms with Crippen LogP contribution in [0.3, 0.4) is 0 Å². The molecule has 0 amide bonds. The molecule has 3 rings (SSSR count). The van der Waals surface area contributed by atoms with E-state index in [-0.39, 0.29) is 17.2 Å². The molecule has 0 radical (unpaired) electrons. The molecule has 0 bridgehead atoms. The summed E-state index contributed by atoms with van der Waals surface area (Å²) in [6.45, 7) is 4.72. The van der Waals surface area contributed by atoms with Crippen LogP contribution in [0.2, 0.25) is 0 Å². The van der Waals surface area contributed by atoms with E-state index in [2.05, 4.69) is 29.1 Å². The van der Waals surface area contributed by atoms with E-state index in [0.29, 0.717) is 24.0 Å². The van der Waals surface area contributed by atoms with Crippen LogP contribution < -0.4 is 4.74 Å². The predicted octanol–water partition coefficient (Wildman–Crippen LogP) is 4.62. The molecule has 3 aromatic rings. The number of halogens is 1. The molecule has 0 saturated carbocycles. The first-order valence-electron chi connectivity index (χ1n) is 7.99. The Balaban J connectivity index is 1.89. The smallest absolute Gasteiger partial charge is 0.358 e. The molecule has 134 valence electrons. The van der Waals surface area contributed by atoms with Crippen LogP contribution in [-0.4, -0.2) is 27.1 Å². The van der Waals surface area contributed by atoms with E-state index in [1.165, 1.54) is 16.5 Å². The highest BCUT2D eigenvalue weighted by molar-refractivity contribution is 5.91. The van der Waals surface area contributed by atoms with Crippen molar-refractivity contribution in [1.29, 1.82) is 0 Å². The Morgan fingerprint density at radius 3 is 2.62 bits per heavy atom. The molecule has 0 atom stereocenters. The number of hydrogen-bond acceptors (Lipinski definition) is 5. The second-order valence-corrected chi connectivity index (χ2v) is 6.06. The Hall–Kier alpha value is -3.29. The second-order valence-electron chi connectivity index (χ2n) is 6.06. The van der Waals surface area contributed by atoms with Gasteiger partial charge in [0, 0.05) is 6.20 Å². The van der Waals surface area contributed by atoms with E-state index in [9.17, 15) is 14.3 Å². The minimum absolute atomic E-state index is 0.0489. The summed E-state index contributed by atoms with van der Waals surface area (Å²) in [5.74, 6) is -0.720. The van der Waals surface area contributed by atoms with Crippen LogP contribution in [0.25, 0.3) is 5.65 Å². The number of ether oxygens (including phenoxy) is 1. The molecule has 0 fully saturated rings. The van der Waals surface area contributed by atoms with Gasteiger partial charge in [-0.25, -0.2) is 14.2 Å². The minimum atomic E-state index is -1.26. The third-order valence-corrected chi connectivity index (χ3v) is 3.44. The van der Waals surface area contributed by atoms with Gasteiger partial charge in [0.1, 0.15) is 17.2 Å². The number of azo groups is 1. The van der Waals surface area contributed by atoms with Gasteiger partial charge in [-0.1, -0.05) is 13.8 Å². The number of carbonyl (C=O) groups is 1. The zero-order chi connectivity index (χ0) is 18.7. The molecule has 2 aromatic heterocycles. The molecular formula is C18H17FN4O3. The number of aromatic carboxylic acids is 1. The van der Waals surface area contributed by atoms with Gasteiger partial charge in [0.05, 0.1) is 12.3 Å². The Bertz CT molecular complexity index is 964. The van der Waals surface area contributed by atoms with Gasteiger partial charge in [-0.05, 0) is 42.3 Å². The predicted molar refractivity (Wildman–Crippen MR) is 93.1 cm³/mol. The number of benzene rings is 1. The number of fused-ring (bicyclic) bond motifs is 1. The van der Waals surface area contributed by atoms with E-state index >= 15 is 0 Å². The van der Waals surface area contributed by atoms with Crippen molar-refractivity contribution in [3.05, 3.63) is 54.1 Å². The quantitative estimate of drug-likeness (QED) is 0.653. The molecule has 7 nitrogen and oxygen atoms in total. The van der Waals surface area contributed by atoms with Gasteiger partial charge in [0.2, 0.25) is 0 Å². The standard InChI is InChI=1S/C18H17FN4O3/c1-11(2)10-26-14-6-4-13(5-7-14)21-22-17-16(18(24)25)20-15-8-3-12(19)9-23(15)17/h3-9,11H,10H2,1-2H3,(H,24,25). The molecule has 0 spiro atoms. The van der Waals surface area contributed by atoms with Gasteiger partial charge in [0.25, 0.3) is 0 Å². The van der Waals surface area contributed by atoms with Crippen LogP contribution >= 0.6 is 0 Å². The molecule has 1 aromatic carbocycles. The Labute approximate surface area is 148 Å². The summed E-state index contributed by atoms with van der Waals surface area (Å²) in [4.78, 5) is 15.3. The molecule has 0 aliphatic heterocycles. The monoisotopic (exact) mass is 356 g/mol. The van der Waals surface area contributed by atoms with Crippen molar-refractivity contribution < 1.29 is 19.0 Å². The Morgan fingerprint density at radius 1 is 1.23 bits per heavy atom. The van der Waals surface area contributed by atoms with Gasteiger partial charge < -0.3 is 9.84 Å². The number of carboxylic acid groups (broad SMARTS) is 1. The minimum Gasteiger partial charge on any atom is -0.493 e. The third-order valence-electron chi connectivity index (χ3n) is 3.44. The van der Waals surface area contributed by atoms with Crippen LogP contribution in [0.5, 0.6) is 5.75 Å². The number of imidazole rings is 1. The van der Waals surface area contributed by atoms with Gasteiger partial charge in [-0.15, -0.1) is 10.2 Å². The van der Waals surface area contributed by atoms with Crippen LogP contribution in [0.1, 0.15) is 24.3 Å². The number of aromatic nitrogens is 2. The molecular weight excluding hydrogens is 339 g/mol. The summed E-state index contributed by atoms with van der Waals surface area (Å²) in [6, 6.07) is 9.48. The lowest BCUT2D eigenvalue weighted by atomic mass is 10.2. The SMILES string of the molecule is CC(C)COc1ccc(N=Nc2c(C(=O)O)nc3ccc(F)cn23)cc1. The summed E-state index contributed by atoms with van der Waals surface area (Å²) in [5, 5.41) is 17.3. The highest BCUT2D eigenvalue weighted by Gasteiger charge is 2.18. The van der Waals surface area contributed by atoms with Crippen molar-refractivity contribution in [2.75, 3.05) is 6.61 Å². The number of carboxylic acids is 1. The maximum atomic E-state index is 13.5. The fourth-order valence-corrected chi connectivity index (χ4v) is 2.22. The Morgan fingerprint density at radius 2 is 1.96 bits per heavy atom. The first kappa shape index (κ1) is 17.5. The highest BCUT2D eigenvalue weighted by Crippen LogP contribution is 2.25. The largest absolute Gasteiger partial charge is 0.493 e. The number of pyridine rings is 1. The lowest BCUT2D eigenvalue weighted by Gasteiger charge is -2.08. The highest BCUT2D eigenvalue weighted by atomic mass is 19.1. The summed E-state index contributed by atoms with van der Waals surface area (Å²) in [7, 11) is 0. The van der Waals surface area contributed by atoms with Crippen molar-refractivity contribution in [1.82, 2.24) is 9.38 Å². The van der Waals surface area contributed by atoms with Gasteiger partial charge >= 0.3 is 5.97 Å². The molecule has 0 aliphatic rings. The first-order valence-corrected chi connectivity index (χ1v) is 7.99. The maximum absolute atomic E-state index is 13.5. The van der Waals surface area contributed by atoms with Gasteiger partial charge in [0.15, 0.2) is 11.5 Å². The lowest BCUT2D eigenvalue weighted by molar-refractivity contribution is 0.0692. The summed E-state index contributed by atoms with van der Waals surface area (Å²) < 4.78 is 20.3. The average Bonchev–Trinajstić information content (AvgIpc) is 2.97. The zero-order valence-corrected chi connectivity index (χ0v) is 14.3. The second kappa shape index (κ2) is 7.30. The summed E-state index contributed by atoms with van der Waals surface area (Å²) in [6.07, 6.45) is 1.12. The molecule has 2 heterocycles. The van der Waals surface area contributed by atoms with E-state index < -0.39 is 11.8 Å². The summed E-state index contributed by atoms with van der Waals surface area (Å²) >= 11 is 0. The van der Waals surface area contributed by atoms with Gasteiger partial charge in [-0.2, -0.15) is 0 Å². The van der Waals surface area contributed by atoms with Crippen LogP contribution in [0, 0.1) is 11.7 Å². The molecule has 0 aliphatic carbocycles. The normalized spacial score (nSPS) is 11.5. The van der Waals surface area contributed by atoms with Crippen molar-refractivity contribution in [2.45, 2.75) is 13.8 Å². The molecule has 0 saturated heterocycles. The van der Waals surface area contributed by atoms with Crippen molar-refractivity contribution in [3.8, 4) is 5.75 Å². The number of hydrogen-bond donors (Lipinski definition) is 1. The summed E-state index contributed by atoms with van der Waals surface area (Å²) in [5.41, 5.74) is 0.482. The average molecular weight is 356 g/mol. The number of nitrogens with zero attached hydrogens (tertiary/aromatic N) is 4. The molecule has 1 N–H and O–H groups in total. The third kappa shape index (κ3) is 3.85. The number of rotatable bonds is 6. The van der Waals surface area contributed by atoms with Crippen LogP contribution in [0.15, 0.2) is 52.8 Å².